The van der Waals surface area contributed by atoms with Crippen molar-refractivity contribution in [2.75, 3.05) is 55.8 Å². The number of rotatable bonds is 13. The van der Waals surface area contributed by atoms with Crippen molar-refractivity contribution in [1.29, 1.82) is 0 Å². The Bertz CT molecular complexity index is 1230. The minimum atomic E-state index is -0.116. The average Bonchev–Trinajstić information content (AvgIpc) is 3.25. The Morgan fingerprint density at radius 2 is 1.82 bits per heavy atom. The van der Waals surface area contributed by atoms with E-state index in [9.17, 15) is 9.59 Å². The molecule has 0 unspecified atom stereocenters. The van der Waals surface area contributed by atoms with Crippen molar-refractivity contribution < 1.29 is 9.59 Å². The van der Waals surface area contributed by atoms with E-state index in [1.807, 2.05) is 63.2 Å². The third kappa shape index (κ3) is 8.73. The summed E-state index contributed by atoms with van der Waals surface area (Å²) in [4.78, 5) is 38.2. The van der Waals surface area contributed by atoms with E-state index in [1.165, 1.54) is 18.7 Å². The summed E-state index contributed by atoms with van der Waals surface area (Å²) < 4.78 is 0. The van der Waals surface area contributed by atoms with Crippen LogP contribution in [0, 0.1) is 13.8 Å². The first-order chi connectivity index (χ1) is 18.1. The molecule has 11 nitrogen and oxygen atoms in total. The standard InChI is InChI=1S/C26H37N9O2S/c1-7-13-35(14-12-27-23(37)16-34(5)6)25-18(3)24(29-22-15-17(2)32-33-22)30-26(31-25)38-21-10-8-20(9-11-21)28-19(4)36/h8-11,15H,7,12-14,16H2,1-6H3,(H,27,37)(H,28,36)(H2,29,30,31,32,33). The molecule has 2 heterocycles. The zero-order chi connectivity index (χ0) is 27.7. The minimum absolute atomic E-state index is 0.0129. The maximum Gasteiger partial charge on any atom is 0.234 e. The number of benzene rings is 1. The molecule has 204 valence electrons. The van der Waals surface area contributed by atoms with Crippen LogP contribution in [-0.4, -0.2) is 77.2 Å². The fraction of sp³-hybridized carbons (Fsp3) is 0.423. The van der Waals surface area contributed by atoms with E-state index >= 15 is 0 Å². The van der Waals surface area contributed by atoms with Crippen LogP contribution in [0.1, 0.15) is 31.5 Å². The molecule has 0 spiro atoms. The smallest absolute Gasteiger partial charge is 0.234 e. The van der Waals surface area contributed by atoms with Crippen molar-refractivity contribution in [3.05, 3.63) is 41.6 Å². The zero-order valence-corrected chi connectivity index (χ0v) is 23.7. The van der Waals surface area contributed by atoms with Crippen molar-refractivity contribution in [3.8, 4) is 0 Å². The van der Waals surface area contributed by atoms with Crippen LogP contribution in [0.2, 0.25) is 0 Å². The number of aromatic amines is 1. The lowest BCUT2D eigenvalue weighted by atomic mass is 10.2. The summed E-state index contributed by atoms with van der Waals surface area (Å²) in [6.45, 7) is 9.77. The summed E-state index contributed by atoms with van der Waals surface area (Å²) in [6.07, 6.45) is 0.920. The van der Waals surface area contributed by atoms with Crippen molar-refractivity contribution in [2.24, 2.45) is 0 Å². The summed E-state index contributed by atoms with van der Waals surface area (Å²) in [6, 6.07) is 9.47. The van der Waals surface area contributed by atoms with Crippen molar-refractivity contribution >= 4 is 46.7 Å². The summed E-state index contributed by atoms with van der Waals surface area (Å²) in [7, 11) is 3.74. The molecule has 12 heteroatoms. The molecule has 2 amide bonds. The molecule has 0 fully saturated rings. The second kappa shape index (κ2) is 13.8. The SMILES string of the molecule is CCCN(CCNC(=O)CN(C)C)c1nc(Sc2ccc(NC(C)=O)cc2)nc(Nc2cc(C)[nH]n2)c1C. The highest BCUT2D eigenvalue weighted by Gasteiger charge is 2.18. The van der Waals surface area contributed by atoms with Gasteiger partial charge in [0, 0.05) is 54.5 Å². The Morgan fingerprint density at radius 1 is 1.08 bits per heavy atom. The van der Waals surface area contributed by atoms with E-state index in [0.29, 0.717) is 36.4 Å². The van der Waals surface area contributed by atoms with Gasteiger partial charge < -0.3 is 25.8 Å². The van der Waals surface area contributed by atoms with E-state index in [0.717, 1.165) is 40.6 Å². The van der Waals surface area contributed by atoms with Gasteiger partial charge >= 0.3 is 0 Å². The number of hydrogen-bond acceptors (Lipinski definition) is 9. The fourth-order valence-electron chi connectivity index (χ4n) is 3.75. The first-order valence-corrected chi connectivity index (χ1v) is 13.4. The highest BCUT2D eigenvalue weighted by Crippen LogP contribution is 2.32. The second-order valence-electron chi connectivity index (χ2n) is 9.25. The summed E-state index contributed by atoms with van der Waals surface area (Å²) in [5.74, 6) is 2.01. The largest absolute Gasteiger partial charge is 0.354 e. The average molecular weight is 540 g/mol. The van der Waals surface area contributed by atoms with Gasteiger partial charge in [-0.05, 0) is 70.4 Å². The molecule has 4 N–H and O–H groups in total. The number of nitrogens with one attached hydrogen (secondary N) is 4. The lowest BCUT2D eigenvalue weighted by Crippen LogP contribution is -2.39. The molecule has 0 saturated heterocycles. The van der Waals surface area contributed by atoms with Crippen molar-refractivity contribution in [1.82, 2.24) is 30.4 Å². The molecule has 0 aliphatic heterocycles. The number of aromatic nitrogens is 4. The molecule has 3 rings (SSSR count). The number of amides is 2. The van der Waals surface area contributed by atoms with E-state index in [4.69, 9.17) is 9.97 Å². The van der Waals surface area contributed by atoms with Crippen LogP contribution in [-0.2, 0) is 9.59 Å². The lowest BCUT2D eigenvalue weighted by Gasteiger charge is -2.26. The number of hydrogen-bond donors (Lipinski definition) is 4. The monoisotopic (exact) mass is 539 g/mol. The molecule has 3 aromatic rings. The van der Waals surface area contributed by atoms with Gasteiger partial charge in [-0.3, -0.25) is 14.7 Å². The van der Waals surface area contributed by atoms with Crippen LogP contribution in [0.4, 0.5) is 23.1 Å². The minimum Gasteiger partial charge on any atom is -0.354 e. The third-order valence-electron chi connectivity index (χ3n) is 5.39. The number of anilines is 4. The highest BCUT2D eigenvalue weighted by molar-refractivity contribution is 7.99. The number of H-pyrrole nitrogens is 1. The molecule has 0 aliphatic rings. The molecule has 0 atom stereocenters. The van der Waals surface area contributed by atoms with Gasteiger partial charge in [-0.25, -0.2) is 9.97 Å². The van der Waals surface area contributed by atoms with E-state index in [1.54, 1.807) is 0 Å². The van der Waals surface area contributed by atoms with Crippen LogP contribution in [0.15, 0.2) is 40.4 Å². The van der Waals surface area contributed by atoms with Crippen LogP contribution < -0.4 is 20.9 Å². The Morgan fingerprint density at radius 3 is 2.42 bits per heavy atom. The number of likely N-dealkylation sites (N-methyl/N-ethyl adjacent to an activating group) is 1. The Kier molecular flexibility index (Phi) is 10.5. The summed E-state index contributed by atoms with van der Waals surface area (Å²) in [5.41, 5.74) is 2.56. The summed E-state index contributed by atoms with van der Waals surface area (Å²) >= 11 is 1.43. The maximum absolute atomic E-state index is 12.2. The molecule has 2 aromatic heterocycles. The Hall–Kier alpha value is -3.64. The predicted octanol–water partition coefficient (Wildman–Crippen LogP) is 3.56. The van der Waals surface area contributed by atoms with E-state index in [2.05, 4.69) is 38.0 Å². The van der Waals surface area contributed by atoms with E-state index < -0.39 is 0 Å². The molecule has 0 radical (unpaired) electrons. The van der Waals surface area contributed by atoms with Gasteiger partial charge in [-0.1, -0.05) is 6.92 Å². The summed E-state index contributed by atoms with van der Waals surface area (Å²) in [5, 5.41) is 16.9. The van der Waals surface area contributed by atoms with Gasteiger partial charge in [-0.15, -0.1) is 0 Å². The molecular formula is C26H37N9O2S. The van der Waals surface area contributed by atoms with Crippen LogP contribution in [0.25, 0.3) is 0 Å². The maximum atomic E-state index is 12.2. The number of carbonyl (C=O) groups is 2. The van der Waals surface area contributed by atoms with Crippen molar-refractivity contribution in [3.63, 3.8) is 0 Å². The zero-order valence-electron chi connectivity index (χ0n) is 22.9. The number of carbonyl (C=O) groups excluding carboxylic acids is 2. The molecule has 0 aliphatic carbocycles. The van der Waals surface area contributed by atoms with Gasteiger partial charge in [-0.2, -0.15) is 5.10 Å². The topological polar surface area (TPSA) is 131 Å². The normalized spacial score (nSPS) is 10.9. The quantitative estimate of drug-likeness (QED) is 0.241. The highest BCUT2D eigenvalue weighted by atomic mass is 32.2. The van der Waals surface area contributed by atoms with Gasteiger partial charge in [0.2, 0.25) is 11.8 Å². The molecule has 0 bridgehead atoms. The first kappa shape index (κ1) is 28.9. The number of nitrogens with zero attached hydrogens (tertiary/aromatic N) is 5. The van der Waals surface area contributed by atoms with Gasteiger partial charge in [0.05, 0.1) is 6.54 Å². The molecular weight excluding hydrogens is 502 g/mol. The lowest BCUT2D eigenvalue weighted by molar-refractivity contribution is -0.121. The van der Waals surface area contributed by atoms with Gasteiger partial charge in [0.1, 0.15) is 11.6 Å². The van der Waals surface area contributed by atoms with Crippen LogP contribution in [0.5, 0.6) is 0 Å². The van der Waals surface area contributed by atoms with E-state index in [-0.39, 0.29) is 11.8 Å². The number of aryl methyl sites for hydroxylation is 1. The van der Waals surface area contributed by atoms with Crippen LogP contribution >= 0.6 is 11.8 Å². The van der Waals surface area contributed by atoms with Gasteiger partial charge in [0.15, 0.2) is 11.0 Å². The molecule has 38 heavy (non-hydrogen) atoms. The fourth-order valence-corrected chi connectivity index (χ4v) is 4.50. The predicted molar refractivity (Wildman–Crippen MR) is 152 cm³/mol. The van der Waals surface area contributed by atoms with Gasteiger partial charge in [0.25, 0.3) is 0 Å². The van der Waals surface area contributed by atoms with Crippen molar-refractivity contribution in [2.45, 2.75) is 44.2 Å². The second-order valence-corrected chi connectivity index (χ2v) is 10.3. The molecule has 0 saturated carbocycles. The third-order valence-corrected chi connectivity index (χ3v) is 6.27. The molecule has 1 aromatic carbocycles. The Balaban J connectivity index is 1.89. The first-order valence-electron chi connectivity index (χ1n) is 12.5. The Labute approximate surface area is 228 Å². The van der Waals surface area contributed by atoms with Crippen LogP contribution in [0.3, 0.4) is 0 Å².